The van der Waals surface area contributed by atoms with Crippen LogP contribution in [0.25, 0.3) is 10.9 Å². The van der Waals surface area contributed by atoms with Gasteiger partial charge in [0.25, 0.3) is 0 Å². The molecule has 0 unspecified atom stereocenters. The number of anilines is 3. The van der Waals surface area contributed by atoms with Crippen molar-refractivity contribution in [2.45, 2.75) is 0 Å². The summed E-state index contributed by atoms with van der Waals surface area (Å²) < 4.78 is 14.5. The Bertz CT molecular complexity index is 791. The second-order valence-corrected chi connectivity index (χ2v) is 5.16. The highest BCUT2D eigenvalue weighted by Crippen LogP contribution is 2.27. The van der Waals surface area contributed by atoms with Gasteiger partial charge in [0.05, 0.1) is 11.2 Å². The van der Waals surface area contributed by atoms with Gasteiger partial charge in [-0.05, 0) is 36.4 Å². The normalized spacial score (nSPS) is 10.7. The Balaban J connectivity index is 2.06. The van der Waals surface area contributed by atoms with Crippen molar-refractivity contribution in [3.05, 3.63) is 53.0 Å². The SMILES string of the molecule is Nc1ccc2c(Nc3ccc(Br)cc3F)ncnc2c1. The van der Waals surface area contributed by atoms with Gasteiger partial charge >= 0.3 is 0 Å². The van der Waals surface area contributed by atoms with Gasteiger partial charge in [-0.2, -0.15) is 0 Å². The van der Waals surface area contributed by atoms with Crippen LogP contribution in [0.2, 0.25) is 0 Å². The Kier molecular flexibility index (Phi) is 3.23. The van der Waals surface area contributed by atoms with Crippen molar-refractivity contribution in [1.29, 1.82) is 0 Å². The number of fused-ring (bicyclic) bond motifs is 1. The Hall–Kier alpha value is -2.21. The van der Waals surface area contributed by atoms with Crippen molar-refractivity contribution < 1.29 is 4.39 Å². The number of hydrogen-bond acceptors (Lipinski definition) is 4. The second kappa shape index (κ2) is 5.05. The lowest BCUT2D eigenvalue weighted by Gasteiger charge is -2.09. The van der Waals surface area contributed by atoms with Crippen LogP contribution in [0, 0.1) is 5.82 Å². The van der Waals surface area contributed by atoms with E-state index in [0.717, 1.165) is 5.39 Å². The molecular formula is C14H10BrFN4. The predicted molar refractivity (Wildman–Crippen MR) is 81.3 cm³/mol. The van der Waals surface area contributed by atoms with E-state index in [1.807, 2.05) is 6.07 Å². The molecule has 3 rings (SSSR count). The monoisotopic (exact) mass is 332 g/mol. The molecule has 0 aliphatic heterocycles. The van der Waals surface area contributed by atoms with Crippen LogP contribution in [0.1, 0.15) is 0 Å². The maximum Gasteiger partial charge on any atom is 0.147 e. The van der Waals surface area contributed by atoms with Crippen molar-refractivity contribution >= 4 is 44.0 Å². The van der Waals surface area contributed by atoms with Gasteiger partial charge in [-0.25, -0.2) is 14.4 Å². The van der Waals surface area contributed by atoms with Crippen LogP contribution in [-0.4, -0.2) is 9.97 Å². The molecule has 0 amide bonds. The summed E-state index contributed by atoms with van der Waals surface area (Å²) in [4.78, 5) is 8.30. The molecule has 100 valence electrons. The predicted octanol–water partition coefficient (Wildman–Crippen LogP) is 3.86. The Morgan fingerprint density at radius 1 is 1.10 bits per heavy atom. The smallest absolute Gasteiger partial charge is 0.147 e. The summed E-state index contributed by atoms with van der Waals surface area (Å²) in [7, 11) is 0. The number of nitrogens with two attached hydrogens (primary N) is 1. The highest BCUT2D eigenvalue weighted by atomic mass is 79.9. The fourth-order valence-electron chi connectivity index (χ4n) is 1.89. The molecule has 0 radical (unpaired) electrons. The van der Waals surface area contributed by atoms with Crippen LogP contribution in [0.3, 0.4) is 0 Å². The molecule has 0 fully saturated rings. The fraction of sp³-hybridized carbons (Fsp3) is 0. The van der Waals surface area contributed by atoms with E-state index in [1.54, 1.807) is 24.3 Å². The van der Waals surface area contributed by atoms with E-state index in [0.29, 0.717) is 27.2 Å². The molecule has 0 bridgehead atoms. The van der Waals surface area contributed by atoms with Gasteiger partial charge in [-0.1, -0.05) is 15.9 Å². The van der Waals surface area contributed by atoms with E-state index in [1.165, 1.54) is 12.4 Å². The zero-order chi connectivity index (χ0) is 14.1. The van der Waals surface area contributed by atoms with E-state index in [9.17, 15) is 4.39 Å². The number of nitrogen functional groups attached to an aromatic ring is 1. The highest BCUT2D eigenvalue weighted by molar-refractivity contribution is 9.10. The second-order valence-electron chi connectivity index (χ2n) is 4.25. The van der Waals surface area contributed by atoms with Crippen LogP contribution >= 0.6 is 15.9 Å². The molecular weight excluding hydrogens is 323 g/mol. The minimum atomic E-state index is -0.360. The summed E-state index contributed by atoms with van der Waals surface area (Å²) in [6, 6.07) is 10.1. The van der Waals surface area contributed by atoms with Gasteiger partial charge in [0.15, 0.2) is 0 Å². The lowest BCUT2D eigenvalue weighted by Crippen LogP contribution is -1.98. The van der Waals surface area contributed by atoms with Crippen molar-refractivity contribution in [2.75, 3.05) is 11.1 Å². The summed E-state index contributed by atoms with van der Waals surface area (Å²) in [5.74, 6) is 0.179. The maximum absolute atomic E-state index is 13.8. The fourth-order valence-corrected chi connectivity index (χ4v) is 2.23. The summed E-state index contributed by atoms with van der Waals surface area (Å²) in [5.41, 5.74) is 7.40. The molecule has 0 spiro atoms. The molecule has 3 N–H and O–H groups in total. The molecule has 0 saturated heterocycles. The largest absolute Gasteiger partial charge is 0.399 e. The van der Waals surface area contributed by atoms with Crippen LogP contribution in [0.5, 0.6) is 0 Å². The van der Waals surface area contributed by atoms with Gasteiger partial charge in [0, 0.05) is 15.5 Å². The molecule has 0 aliphatic carbocycles. The zero-order valence-corrected chi connectivity index (χ0v) is 11.9. The lowest BCUT2D eigenvalue weighted by molar-refractivity contribution is 0.631. The first-order valence-electron chi connectivity index (χ1n) is 5.86. The Morgan fingerprint density at radius 2 is 1.95 bits per heavy atom. The third kappa shape index (κ3) is 2.42. The van der Waals surface area contributed by atoms with E-state index >= 15 is 0 Å². The van der Waals surface area contributed by atoms with Gasteiger partial charge in [-0.15, -0.1) is 0 Å². The van der Waals surface area contributed by atoms with Crippen molar-refractivity contribution in [1.82, 2.24) is 9.97 Å². The first kappa shape index (κ1) is 12.8. The number of benzene rings is 2. The van der Waals surface area contributed by atoms with Gasteiger partial charge in [0.1, 0.15) is 18.0 Å². The van der Waals surface area contributed by atoms with E-state index in [4.69, 9.17) is 5.73 Å². The highest BCUT2D eigenvalue weighted by Gasteiger charge is 2.07. The topological polar surface area (TPSA) is 63.8 Å². The first-order chi connectivity index (χ1) is 9.63. The number of rotatable bonds is 2. The number of aromatic nitrogens is 2. The van der Waals surface area contributed by atoms with E-state index < -0.39 is 0 Å². The van der Waals surface area contributed by atoms with Crippen molar-refractivity contribution in [2.24, 2.45) is 0 Å². The molecule has 1 heterocycles. The van der Waals surface area contributed by atoms with E-state index in [-0.39, 0.29) is 5.82 Å². The number of nitrogens with zero attached hydrogens (tertiary/aromatic N) is 2. The van der Waals surface area contributed by atoms with Crippen LogP contribution in [0.15, 0.2) is 47.2 Å². The van der Waals surface area contributed by atoms with Crippen molar-refractivity contribution in [3.63, 3.8) is 0 Å². The standard InChI is InChI=1S/C14H10BrFN4/c15-8-1-4-12(11(16)5-8)20-14-10-3-2-9(17)6-13(10)18-7-19-14/h1-7H,17H2,(H,18,19,20). The van der Waals surface area contributed by atoms with Crippen LogP contribution < -0.4 is 11.1 Å². The van der Waals surface area contributed by atoms with Crippen LogP contribution in [-0.2, 0) is 0 Å². The van der Waals surface area contributed by atoms with Crippen LogP contribution in [0.4, 0.5) is 21.6 Å². The third-order valence-electron chi connectivity index (χ3n) is 2.84. The average Bonchev–Trinajstić information content (AvgIpc) is 2.41. The Morgan fingerprint density at radius 3 is 2.75 bits per heavy atom. The summed E-state index contributed by atoms with van der Waals surface area (Å²) in [6.07, 6.45) is 1.42. The first-order valence-corrected chi connectivity index (χ1v) is 6.65. The minimum Gasteiger partial charge on any atom is -0.399 e. The summed E-state index contributed by atoms with van der Waals surface area (Å²) in [5, 5.41) is 3.76. The quantitative estimate of drug-likeness (QED) is 0.699. The molecule has 0 saturated carbocycles. The third-order valence-corrected chi connectivity index (χ3v) is 3.34. The average molecular weight is 333 g/mol. The Labute approximate surface area is 123 Å². The maximum atomic E-state index is 13.8. The molecule has 0 aliphatic rings. The van der Waals surface area contributed by atoms with E-state index in [2.05, 4.69) is 31.2 Å². The number of halogens is 2. The van der Waals surface area contributed by atoms with Gasteiger partial charge in [0.2, 0.25) is 0 Å². The molecule has 20 heavy (non-hydrogen) atoms. The van der Waals surface area contributed by atoms with Gasteiger partial charge < -0.3 is 11.1 Å². The molecule has 6 heteroatoms. The molecule has 2 aromatic carbocycles. The molecule has 4 nitrogen and oxygen atoms in total. The van der Waals surface area contributed by atoms with Crippen molar-refractivity contribution in [3.8, 4) is 0 Å². The molecule has 0 atom stereocenters. The molecule has 3 aromatic rings. The lowest BCUT2D eigenvalue weighted by atomic mass is 10.2. The number of nitrogens with one attached hydrogen (secondary N) is 1. The minimum absolute atomic E-state index is 0.352. The van der Waals surface area contributed by atoms with Gasteiger partial charge in [-0.3, -0.25) is 0 Å². The molecule has 1 aromatic heterocycles. The summed E-state index contributed by atoms with van der Waals surface area (Å²) >= 11 is 3.22. The number of hydrogen-bond donors (Lipinski definition) is 2. The zero-order valence-electron chi connectivity index (χ0n) is 10.3. The summed E-state index contributed by atoms with van der Waals surface area (Å²) in [6.45, 7) is 0.